The minimum atomic E-state index is -1.92. The molecule has 0 unspecified atom stereocenters. The van der Waals surface area contributed by atoms with Crippen molar-refractivity contribution in [3.8, 4) is 5.75 Å². The molecule has 0 radical (unpaired) electrons. The second-order valence-corrected chi connectivity index (χ2v) is 9.09. The van der Waals surface area contributed by atoms with Gasteiger partial charge >= 0.3 is 5.97 Å². The molecule has 0 saturated carbocycles. The zero-order chi connectivity index (χ0) is 23.0. The smallest absolute Gasteiger partial charge is 0.335 e. The molecule has 31 heavy (non-hydrogen) atoms. The number of alkyl halides is 3. The first-order valence-corrected chi connectivity index (χ1v) is 10.6. The van der Waals surface area contributed by atoms with Gasteiger partial charge < -0.3 is 25.8 Å². The zero-order valence-corrected chi connectivity index (χ0v) is 19.4. The SMILES string of the molecule is CCc1ccc(OCC(=O)N[C@@H](NC(=S)Nc2ccc(C(=O)O)cc2)C(Cl)(Cl)Cl)cc1. The van der Waals surface area contributed by atoms with Crippen LogP contribution in [0.4, 0.5) is 5.69 Å². The molecule has 0 aliphatic carbocycles. The standard InChI is InChI=1S/C20H20Cl3N3O4S/c1-2-12-3-9-15(10-4-12)30-11-16(27)25-18(20(21,22)23)26-19(31)24-14-7-5-13(6-8-14)17(28)29/h3-10,18H,2,11H2,1H3,(H,25,27)(H,28,29)(H2,24,26,31)/t18-/m0/s1. The molecule has 2 rings (SSSR count). The molecule has 0 aromatic heterocycles. The Kier molecular flexibility index (Phi) is 9.18. The lowest BCUT2D eigenvalue weighted by atomic mass is 10.2. The van der Waals surface area contributed by atoms with Gasteiger partial charge in [-0.3, -0.25) is 4.79 Å². The van der Waals surface area contributed by atoms with E-state index in [1.807, 2.05) is 19.1 Å². The van der Waals surface area contributed by atoms with Crippen molar-refractivity contribution in [2.45, 2.75) is 23.3 Å². The van der Waals surface area contributed by atoms with Gasteiger partial charge in [-0.2, -0.15) is 0 Å². The average Bonchev–Trinajstić information content (AvgIpc) is 2.72. The van der Waals surface area contributed by atoms with Crippen molar-refractivity contribution < 1.29 is 19.4 Å². The lowest BCUT2D eigenvalue weighted by molar-refractivity contribution is -0.123. The second kappa shape index (κ2) is 11.4. The number of nitrogens with one attached hydrogen (secondary N) is 3. The predicted molar refractivity (Wildman–Crippen MR) is 126 cm³/mol. The minimum Gasteiger partial charge on any atom is -0.484 e. The van der Waals surface area contributed by atoms with E-state index in [1.165, 1.54) is 24.3 Å². The fourth-order valence-corrected chi connectivity index (χ4v) is 2.93. The first-order valence-electron chi connectivity index (χ1n) is 9.07. The van der Waals surface area contributed by atoms with Crippen LogP contribution in [0, 0.1) is 0 Å². The number of hydrogen-bond donors (Lipinski definition) is 4. The number of aryl methyl sites for hydroxylation is 1. The third-order valence-corrected chi connectivity index (χ3v) is 4.87. The number of thiocarbonyl (C=S) groups is 1. The molecule has 0 bridgehead atoms. The number of aromatic carboxylic acids is 1. The van der Waals surface area contributed by atoms with Crippen LogP contribution in [0.15, 0.2) is 48.5 Å². The largest absolute Gasteiger partial charge is 0.484 e. The monoisotopic (exact) mass is 503 g/mol. The maximum atomic E-state index is 12.3. The fraction of sp³-hybridized carbons (Fsp3) is 0.250. The molecule has 0 saturated heterocycles. The Bertz CT molecular complexity index is 919. The van der Waals surface area contributed by atoms with Gasteiger partial charge in [0.05, 0.1) is 5.56 Å². The summed E-state index contributed by atoms with van der Waals surface area (Å²) >= 11 is 23.1. The Morgan fingerprint density at radius 2 is 1.68 bits per heavy atom. The van der Waals surface area contributed by atoms with Gasteiger partial charge in [0.2, 0.25) is 3.79 Å². The Morgan fingerprint density at radius 1 is 1.06 bits per heavy atom. The number of ether oxygens (including phenoxy) is 1. The van der Waals surface area contributed by atoms with E-state index < -0.39 is 21.8 Å². The van der Waals surface area contributed by atoms with Crippen molar-refractivity contribution in [2.75, 3.05) is 11.9 Å². The number of rotatable bonds is 8. The summed E-state index contributed by atoms with van der Waals surface area (Å²) in [6, 6.07) is 13.2. The van der Waals surface area contributed by atoms with Crippen molar-refractivity contribution in [1.29, 1.82) is 0 Å². The molecular weight excluding hydrogens is 485 g/mol. The highest BCUT2D eigenvalue weighted by Gasteiger charge is 2.34. The normalized spacial score (nSPS) is 11.9. The van der Waals surface area contributed by atoms with Crippen LogP contribution < -0.4 is 20.7 Å². The van der Waals surface area contributed by atoms with Gasteiger partial charge in [-0.1, -0.05) is 53.9 Å². The summed E-state index contributed by atoms with van der Waals surface area (Å²) in [5, 5.41) is 17.0. The summed E-state index contributed by atoms with van der Waals surface area (Å²) in [6.07, 6.45) is -0.260. The van der Waals surface area contributed by atoms with Crippen LogP contribution >= 0.6 is 47.0 Å². The lowest BCUT2D eigenvalue weighted by Gasteiger charge is -2.27. The molecule has 0 aliphatic rings. The van der Waals surface area contributed by atoms with Crippen LogP contribution in [-0.4, -0.2) is 38.7 Å². The first kappa shape index (κ1) is 25.0. The van der Waals surface area contributed by atoms with Crippen LogP contribution in [-0.2, 0) is 11.2 Å². The number of halogens is 3. The Morgan fingerprint density at radius 3 is 2.19 bits per heavy atom. The van der Waals surface area contributed by atoms with E-state index in [4.69, 9.17) is 56.9 Å². The molecule has 7 nitrogen and oxygen atoms in total. The molecule has 1 amide bonds. The molecule has 0 spiro atoms. The maximum absolute atomic E-state index is 12.3. The van der Waals surface area contributed by atoms with Gasteiger partial charge in [0, 0.05) is 5.69 Å². The van der Waals surface area contributed by atoms with E-state index in [0.29, 0.717) is 11.4 Å². The summed E-state index contributed by atoms with van der Waals surface area (Å²) in [5.74, 6) is -1.04. The summed E-state index contributed by atoms with van der Waals surface area (Å²) in [5.41, 5.74) is 1.78. The molecular formula is C20H20Cl3N3O4S. The van der Waals surface area contributed by atoms with E-state index in [-0.39, 0.29) is 17.3 Å². The number of carboxylic acid groups (broad SMARTS) is 1. The molecule has 1 atom stereocenters. The van der Waals surface area contributed by atoms with Gasteiger partial charge in [0.15, 0.2) is 11.7 Å². The Hall–Kier alpha value is -2.26. The number of carboxylic acids is 1. The first-order chi connectivity index (χ1) is 14.6. The van der Waals surface area contributed by atoms with E-state index in [1.54, 1.807) is 12.1 Å². The zero-order valence-electron chi connectivity index (χ0n) is 16.3. The molecule has 2 aromatic carbocycles. The molecule has 0 heterocycles. The van der Waals surface area contributed by atoms with Crippen molar-refractivity contribution >= 4 is 69.7 Å². The number of anilines is 1. The van der Waals surface area contributed by atoms with E-state index in [2.05, 4.69) is 16.0 Å². The fourth-order valence-electron chi connectivity index (χ4n) is 2.37. The summed E-state index contributed by atoms with van der Waals surface area (Å²) in [7, 11) is 0. The molecule has 0 aliphatic heterocycles. The van der Waals surface area contributed by atoms with Crippen LogP contribution in [0.3, 0.4) is 0 Å². The van der Waals surface area contributed by atoms with Crippen LogP contribution in [0.25, 0.3) is 0 Å². The number of carbonyl (C=O) groups excluding carboxylic acids is 1. The molecule has 11 heteroatoms. The van der Waals surface area contributed by atoms with Crippen molar-refractivity contribution in [3.05, 3.63) is 59.7 Å². The van der Waals surface area contributed by atoms with E-state index in [0.717, 1.165) is 12.0 Å². The van der Waals surface area contributed by atoms with Crippen LogP contribution in [0.2, 0.25) is 0 Å². The number of amides is 1. The predicted octanol–water partition coefficient (Wildman–Crippen LogP) is 4.13. The summed E-state index contributed by atoms with van der Waals surface area (Å²) < 4.78 is 3.53. The van der Waals surface area contributed by atoms with Crippen molar-refractivity contribution in [2.24, 2.45) is 0 Å². The van der Waals surface area contributed by atoms with Gasteiger partial charge in [0.25, 0.3) is 5.91 Å². The summed E-state index contributed by atoms with van der Waals surface area (Å²) in [6.45, 7) is 1.75. The lowest BCUT2D eigenvalue weighted by Crippen LogP contribution is -2.56. The van der Waals surface area contributed by atoms with Gasteiger partial charge in [-0.15, -0.1) is 0 Å². The Labute approximate surface area is 200 Å². The highest BCUT2D eigenvalue weighted by molar-refractivity contribution is 7.80. The third kappa shape index (κ3) is 8.41. The minimum absolute atomic E-state index is 0.0516. The summed E-state index contributed by atoms with van der Waals surface area (Å²) in [4.78, 5) is 23.2. The second-order valence-electron chi connectivity index (χ2n) is 6.31. The van der Waals surface area contributed by atoms with E-state index >= 15 is 0 Å². The molecule has 2 aromatic rings. The van der Waals surface area contributed by atoms with E-state index in [9.17, 15) is 9.59 Å². The molecule has 0 fully saturated rings. The van der Waals surface area contributed by atoms with Gasteiger partial charge in [-0.05, 0) is 60.6 Å². The number of carbonyl (C=O) groups is 2. The van der Waals surface area contributed by atoms with Crippen LogP contribution in [0.1, 0.15) is 22.8 Å². The highest BCUT2D eigenvalue weighted by atomic mass is 35.6. The van der Waals surface area contributed by atoms with Crippen LogP contribution in [0.5, 0.6) is 5.75 Å². The average molecular weight is 505 g/mol. The maximum Gasteiger partial charge on any atom is 0.335 e. The van der Waals surface area contributed by atoms with Crippen molar-refractivity contribution in [1.82, 2.24) is 10.6 Å². The van der Waals surface area contributed by atoms with Gasteiger partial charge in [-0.25, -0.2) is 4.79 Å². The molecule has 4 N–H and O–H groups in total. The quantitative estimate of drug-likeness (QED) is 0.244. The third-order valence-electron chi connectivity index (χ3n) is 4.00. The van der Waals surface area contributed by atoms with Crippen molar-refractivity contribution in [3.63, 3.8) is 0 Å². The number of benzene rings is 2. The topological polar surface area (TPSA) is 99.7 Å². The number of hydrogen-bond acceptors (Lipinski definition) is 4. The highest BCUT2D eigenvalue weighted by Crippen LogP contribution is 2.29. The Balaban J connectivity index is 1.92. The molecule has 166 valence electrons. The van der Waals surface area contributed by atoms with Gasteiger partial charge in [0.1, 0.15) is 11.9 Å².